The van der Waals surface area contributed by atoms with Gasteiger partial charge in [0.25, 0.3) is 0 Å². The van der Waals surface area contributed by atoms with Crippen molar-refractivity contribution >= 4 is 0 Å². The molecule has 2 nitrogen and oxygen atoms in total. The standard InChI is InChI=1S/C10H10F4O2/c1-6(15)8-3-2-7(4-9(8)11)16-5-10(12,13)14/h2-4,6,15H,5H2,1H3/t6-/m0/s1. The second-order valence-corrected chi connectivity index (χ2v) is 3.26. The zero-order valence-electron chi connectivity index (χ0n) is 8.38. The summed E-state index contributed by atoms with van der Waals surface area (Å²) in [7, 11) is 0. The molecule has 0 saturated heterocycles. The average Bonchev–Trinajstić information content (AvgIpc) is 2.13. The Hall–Kier alpha value is -1.30. The van der Waals surface area contributed by atoms with E-state index in [1.807, 2.05) is 0 Å². The molecule has 1 aromatic carbocycles. The fourth-order valence-corrected chi connectivity index (χ4v) is 1.10. The smallest absolute Gasteiger partial charge is 0.422 e. The largest absolute Gasteiger partial charge is 0.484 e. The maximum Gasteiger partial charge on any atom is 0.422 e. The van der Waals surface area contributed by atoms with Crippen LogP contribution in [-0.4, -0.2) is 17.9 Å². The van der Waals surface area contributed by atoms with E-state index in [-0.39, 0.29) is 11.3 Å². The first-order valence-corrected chi connectivity index (χ1v) is 4.46. The molecule has 90 valence electrons. The molecule has 0 aliphatic carbocycles. The Balaban J connectivity index is 2.74. The Kier molecular flexibility index (Phi) is 3.74. The molecule has 0 amide bonds. The monoisotopic (exact) mass is 238 g/mol. The zero-order chi connectivity index (χ0) is 12.3. The second kappa shape index (κ2) is 4.69. The van der Waals surface area contributed by atoms with Crippen molar-refractivity contribution in [3.8, 4) is 5.75 Å². The number of benzene rings is 1. The summed E-state index contributed by atoms with van der Waals surface area (Å²) in [6, 6.07) is 3.18. The first-order chi connectivity index (χ1) is 7.29. The third-order valence-electron chi connectivity index (χ3n) is 1.82. The molecule has 0 spiro atoms. The van der Waals surface area contributed by atoms with Gasteiger partial charge < -0.3 is 9.84 Å². The molecule has 0 unspecified atom stereocenters. The second-order valence-electron chi connectivity index (χ2n) is 3.26. The normalized spacial score (nSPS) is 13.6. The van der Waals surface area contributed by atoms with Crippen molar-refractivity contribution in [2.24, 2.45) is 0 Å². The summed E-state index contributed by atoms with van der Waals surface area (Å²) in [5.74, 6) is -1.02. The number of alkyl halides is 3. The van der Waals surface area contributed by atoms with Crippen LogP contribution in [0.5, 0.6) is 5.75 Å². The van der Waals surface area contributed by atoms with Gasteiger partial charge in [0.1, 0.15) is 11.6 Å². The van der Waals surface area contributed by atoms with Crippen LogP contribution in [0.3, 0.4) is 0 Å². The molecule has 0 bridgehead atoms. The molecule has 6 heteroatoms. The highest BCUT2D eigenvalue weighted by atomic mass is 19.4. The Morgan fingerprint density at radius 2 is 2.00 bits per heavy atom. The maximum atomic E-state index is 13.2. The molecular formula is C10H10F4O2. The van der Waals surface area contributed by atoms with Gasteiger partial charge in [0.2, 0.25) is 0 Å². The number of hydrogen-bond donors (Lipinski definition) is 1. The number of hydrogen-bond acceptors (Lipinski definition) is 2. The van der Waals surface area contributed by atoms with Crippen molar-refractivity contribution in [1.82, 2.24) is 0 Å². The molecule has 0 heterocycles. The number of rotatable bonds is 3. The predicted octanol–water partition coefficient (Wildman–Crippen LogP) is 2.82. The summed E-state index contributed by atoms with van der Waals surface area (Å²) in [5, 5.41) is 9.09. The van der Waals surface area contributed by atoms with Crippen LogP contribution >= 0.6 is 0 Å². The highest BCUT2D eigenvalue weighted by Crippen LogP contribution is 2.23. The molecule has 1 atom stereocenters. The fourth-order valence-electron chi connectivity index (χ4n) is 1.10. The molecule has 0 aliphatic rings. The Morgan fingerprint density at radius 3 is 2.44 bits per heavy atom. The summed E-state index contributed by atoms with van der Waals surface area (Å²) in [6.07, 6.45) is -5.48. The van der Waals surface area contributed by atoms with Gasteiger partial charge in [-0.3, -0.25) is 0 Å². The molecule has 1 aromatic rings. The van der Waals surface area contributed by atoms with Gasteiger partial charge in [0, 0.05) is 11.6 Å². The van der Waals surface area contributed by atoms with Crippen molar-refractivity contribution in [3.63, 3.8) is 0 Å². The SMILES string of the molecule is C[C@H](O)c1ccc(OCC(F)(F)F)cc1F. The van der Waals surface area contributed by atoms with Crippen LogP contribution in [0.25, 0.3) is 0 Å². The molecule has 16 heavy (non-hydrogen) atoms. The van der Waals surface area contributed by atoms with Gasteiger partial charge in [0.05, 0.1) is 6.10 Å². The number of halogens is 4. The summed E-state index contributed by atoms with van der Waals surface area (Å²) >= 11 is 0. The molecule has 0 saturated carbocycles. The Labute approximate surface area is 89.5 Å². The third kappa shape index (κ3) is 3.69. The molecule has 0 aliphatic heterocycles. The quantitative estimate of drug-likeness (QED) is 0.820. The lowest BCUT2D eigenvalue weighted by Crippen LogP contribution is -2.19. The van der Waals surface area contributed by atoms with E-state index in [2.05, 4.69) is 4.74 Å². The highest BCUT2D eigenvalue weighted by Gasteiger charge is 2.28. The van der Waals surface area contributed by atoms with Gasteiger partial charge in [-0.15, -0.1) is 0 Å². The molecule has 1 rings (SSSR count). The Morgan fingerprint density at radius 1 is 1.38 bits per heavy atom. The maximum absolute atomic E-state index is 13.2. The summed E-state index contributed by atoms with van der Waals surface area (Å²) in [6.45, 7) is -0.116. The lowest BCUT2D eigenvalue weighted by molar-refractivity contribution is -0.153. The van der Waals surface area contributed by atoms with Gasteiger partial charge in [-0.1, -0.05) is 0 Å². The fraction of sp³-hybridized carbons (Fsp3) is 0.400. The Bertz CT molecular complexity index is 360. The summed E-state index contributed by atoms with van der Waals surface area (Å²) in [5.41, 5.74) is 0.0133. The minimum atomic E-state index is -4.46. The molecule has 0 fully saturated rings. The van der Waals surface area contributed by atoms with Gasteiger partial charge in [-0.25, -0.2) is 4.39 Å². The van der Waals surface area contributed by atoms with E-state index in [9.17, 15) is 17.6 Å². The minimum absolute atomic E-state index is 0.0133. The molecule has 0 aromatic heterocycles. The molecule has 1 N–H and O–H groups in total. The first kappa shape index (κ1) is 12.8. The predicted molar refractivity (Wildman–Crippen MR) is 48.6 cm³/mol. The number of aliphatic hydroxyl groups excluding tert-OH is 1. The lowest BCUT2D eigenvalue weighted by Gasteiger charge is -2.11. The van der Waals surface area contributed by atoms with Gasteiger partial charge in [-0.05, 0) is 19.1 Å². The minimum Gasteiger partial charge on any atom is -0.484 e. The third-order valence-corrected chi connectivity index (χ3v) is 1.82. The molecule has 0 radical (unpaired) electrons. The van der Waals surface area contributed by atoms with E-state index in [1.165, 1.54) is 19.1 Å². The first-order valence-electron chi connectivity index (χ1n) is 4.46. The number of aliphatic hydroxyl groups is 1. The van der Waals surface area contributed by atoms with Crippen LogP contribution in [0.15, 0.2) is 18.2 Å². The van der Waals surface area contributed by atoms with Gasteiger partial charge in [-0.2, -0.15) is 13.2 Å². The highest BCUT2D eigenvalue weighted by molar-refractivity contribution is 5.30. The van der Waals surface area contributed by atoms with E-state index in [1.54, 1.807) is 0 Å². The van der Waals surface area contributed by atoms with Crippen LogP contribution in [0.1, 0.15) is 18.6 Å². The molecular weight excluding hydrogens is 228 g/mol. The van der Waals surface area contributed by atoms with Crippen molar-refractivity contribution in [2.75, 3.05) is 6.61 Å². The van der Waals surface area contributed by atoms with E-state index in [0.717, 1.165) is 6.07 Å². The van der Waals surface area contributed by atoms with Crippen LogP contribution in [0.4, 0.5) is 17.6 Å². The lowest BCUT2D eigenvalue weighted by atomic mass is 10.1. The van der Waals surface area contributed by atoms with Crippen LogP contribution < -0.4 is 4.74 Å². The van der Waals surface area contributed by atoms with Crippen molar-refractivity contribution < 1.29 is 27.4 Å². The van der Waals surface area contributed by atoms with Gasteiger partial charge >= 0.3 is 6.18 Å². The van der Waals surface area contributed by atoms with Crippen LogP contribution in [0.2, 0.25) is 0 Å². The summed E-state index contributed by atoms with van der Waals surface area (Å²) in [4.78, 5) is 0. The number of ether oxygens (including phenoxy) is 1. The summed E-state index contributed by atoms with van der Waals surface area (Å²) < 4.78 is 52.9. The van der Waals surface area contributed by atoms with Crippen LogP contribution in [0, 0.1) is 5.82 Å². The van der Waals surface area contributed by atoms with E-state index in [0.29, 0.717) is 0 Å². The average molecular weight is 238 g/mol. The topological polar surface area (TPSA) is 29.5 Å². The van der Waals surface area contributed by atoms with Crippen molar-refractivity contribution in [3.05, 3.63) is 29.6 Å². The van der Waals surface area contributed by atoms with Crippen molar-refractivity contribution in [1.29, 1.82) is 0 Å². The van der Waals surface area contributed by atoms with Crippen LogP contribution in [-0.2, 0) is 0 Å². The van der Waals surface area contributed by atoms with Gasteiger partial charge in [0.15, 0.2) is 6.61 Å². The van der Waals surface area contributed by atoms with Crippen molar-refractivity contribution in [2.45, 2.75) is 19.2 Å². The van der Waals surface area contributed by atoms with E-state index < -0.39 is 24.7 Å². The van der Waals surface area contributed by atoms with E-state index >= 15 is 0 Å². The van der Waals surface area contributed by atoms with E-state index in [4.69, 9.17) is 5.11 Å². The zero-order valence-corrected chi connectivity index (χ0v) is 8.38.